The predicted molar refractivity (Wildman–Crippen MR) is 125 cm³/mol. The monoisotopic (exact) mass is 587 g/mol. The molecule has 0 saturated heterocycles. The Hall–Kier alpha value is -2.23. The molecular weight excluding hydrogens is 558 g/mol. The maximum absolute atomic E-state index is 13.5. The van der Waals surface area contributed by atoms with Crippen molar-refractivity contribution < 1.29 is 51.2 Å². The minimum atomic E-state index is -4.23. The molecule has 2 rings (SSSR count). The van der Waals surface area contributed by atoms with Crippen LogP contribution in [-0.2, 0) is 44.0 Å². The van der Waals surface area contributed by atoms with Gasteiger partial charge in [0.25, 0.3) is 10.0 Å². The van der Waals surface area contributed by atoms with Gasteiger partial charge in [0.05, 0.1) is 18.0 Å². The smallest absolute Gasteiger partial charge is 0.305 e. The number of fused-ring (bicyclic) bond motifs is 1. The summed E-state index contributed by atoms with van der Waals surface area (Å²) in [6.45, 7) is 1.85. The summed E-state index contributed by atoms with van der Waals surface area (Å²) in [5.41, 5.74) is 0.0719. The number of hydrogen-bond acceptors (Lipinski definition) is 13. The van der Waals surface area contributed by atoms with Crippen molar-refractivity contribution >= 4 is 49.2 Å². The second kappa shape index (κ2) is 12.5. The van der Waals surface area contributed by atoms with Crippen molar-refractivity contribution in [2.45, 2.75) is 47.2 Å². The van der Waals surface area contributed by atoms with Gasteiger partial charge in [0.2, 0.25) is 21.8 Å². The van der Waals surface area contributed by atoms with E-state index in [-0.39, 0.29) is 46.5 Å². The summed E-state index contributed by atoms with van der Waals surface area (Å²) in [5, 5.41) is 24.0. The number of carbonyl (C=O) groups is 3. The predicted octanol–water partition coefficient (Wildman–Crippen LogP) is -1.24. The highest BCUT2D eigenvalue weighted by atomic mass is 32.3. The van der Waals surface area contributed by atoms with Crippen LogP contribution in [0.3, 0.4) is 0 Å². The lowest BCUT2D eigenvalue weighted by Crippen LogP contribution is -2.54. The Morgan fingerprint density at radius 3 is 2.54 bits per heavy atom. The van der Waals surface area contributed by atoms with Crippen LogP contribution in [0.2, 0.25) is 0 Å². The summed E-state index contributed by atoms with van der Waals surface area (Å²) >= 11 is 0.477. The Kier molecular flexibility index (Phi) is 10.5. The van der Waals surface area contributed by atoms with Gasteiger partial charge in [0.15, 0.2) is 0 Å². The number of sulfonamides is 2. The summed E-state index contributed by atoms with van der Waals surface area (Å²) in [7, 11) is -6.97. The summed E-state index contributed by atoms with van der Waals surface area (Å²) in [4.78, 5) is 42.8. The molecule has 1 aliphatic heterocycles. The number of carbonyl (C=O) groups excluding carboxylic acids is 3. The van der Waals surface area contributed by atoms with Gasteiger partial charge in [-0.25, -0.2) is 22.0 Å². The van der Waals surface area contributed by atoms with Crippen molar-refractivity contribution in [3.8, 4) is 0 Å². The number of thiophene rings is 1. The fraction of sp³-hybridized carbons (Fsp3) is 0.611. The van der Waals surface area contributed by atoms with Crippen molar-refractivity contribution in [1.82, 2.24) is 19.9 Å². The van der Waals surface area contributed by atoms with E-state index in [1.165, 1.54) is 11.9 Å². The van der Waals surface area contributed by atoms with E-state index in [4.69, 9.17) is 20.3 Å². The summed E-state index contributed by atoms with van der Waals surface area (Å²) in [6, 6.07) is -1.13. The fourth-order valence-electron chi connectivity index (χ4n) is 3.55. The Morgan fingerprint density at radius 2 is 2.00 bits per heavy atom. The van der Waals surface area contributed by atoms with E-state index in [1.807, 2.05) is 0 Å². The van der Waals surface area contributed by atoms with Crippen LogP contribution < -0.4 is 10.5 Å². The average molecular weight is 588 g/mol. The van der Waals surface area contributed by atoms with Gasteiger partial charge in [-0.2, -0.15) is 4.31 Å². The third-order valence-corrected chi connectivity index (χ3v) is 10.2. The van der Waals surface area contributed by atoms with Crippen molar-refractivity contribution in [2.75, 3.05) is 33.4 Å². The number of ether oxygens (including phenoxy) is 1. The number of rotatable bonds is 12. The number of amides is 2. The van der Waals surface area contributed by atoms with E-state index in [9.17, 15) is 31.2 Å². The minimum absolute atomic E-state index is 0.0393. The first-order chi connectivity index (χ1) is 17.1. The highest BCUT2D eigenvalue weighted by molar-refractivity contribution is 7.94. The van der Waals surface area contributed by atoms with E-state index < -0.39 is 61.9 Å². The zero-order chi connectivity index (χ0) is 28.1. The number of nitrogens with two attached hydrogens (primary N) is 1. The Labute approximate surface area is 217 Å². The van der Waals surface area contributed by atoms with Crippen LogP contribution >= 0.6 is 11.3 Å². The molecule has 1 aromatic heterocycles. The van der Waals surface area contributed by atoms with Gasteiger partial charge >= 0.3 is 5.97 Å². The van der Waals surface area contributed by atoms with Crippen molar-refractivity contribution in [3.63, 3.8) is 0 Å². The number of likely N-dealkylation sites (N-methyl/N-ethyl adjacent to an activating group) is 2. The fourth-order valence-corrected chi connectivity index (χ4v) is 7.58. The molecule has 16 nitrogen and oxygen atoms in total. The highest BCUT2D eigenvalue weighted by Gasteiger charge is 2.42. The van der Waals surface area contributed by atoms with E-state index in [0.29, 0.717) is 11.3 Å². The van der Waals surface area contributed by atoms with E-state index in [1.54, 1.807) is 6.92 Å². The molecule has 2 amide bonds. The number of nitrogens with one attached hydrogen (secondary N) is 1. The molecule has 0 spiro atoms. The largest absolute Gasteiger partial charge is 0.463 e. The second-order valence-electron chi connectivity index (χ2n) is 7.90. The zero-order valence-corrected chi connectivity index (χ0v) is 22.6. The molecule has 0 saturated carbocycles. The van der Waals surface area contributed by atoms with Crippen LogP contribution in [-0.4, -0.2) is 99.0 Å². The summed E-state index contributed by atoms with van der Waals surface area (Å²) < 4.78 is 54.9. The first-order valence-electron chi connectivity index (χ1n) is 10.8. The van der Waals surface area contributed by atoms with Crippen LogP contribution in [0.5, 0.6) is 0 Å². The Balaban J connectivity index is 2.29. The molecular formula is C18H29N5O11S3. The first kappa shape index (κ1) is 31.0. The lowest BCUT2D eigenvalue weighted by Gasteiger charge is -2.38. The van der Waals surface area contributed by atoms with E-state index >= 15 is 0 Å². The van der Waals surface area contributed by atoms with Crippen molar-refractivity contribution in [2.24, 2.45) is 5.14 Å². The number of nitrogens with zero attached hydrogens (tertiary/aromatic N) is 3. The average Bonchev–Trinajstić information content (AvgIpc) is 3.25. The minimum Gasteiger partial charge on any atom is -0.463 e. The molecule has 2 atom stereocenters. The Bertz CT molecular complexity index is 1220. The molecule has 5 N–H and O–H groups in total. The van der Waals surface area contributed by atoms with Crippen molar-refractivity contribution in [3.05, 3.63) is 11.6 Å². The number of hydrogen-bond donors (Lipinski definition) is 4. The lowest BCUT2D eigenvalue weighted by molar-refractivity contribution is -0.492. The molecule has 1 unspecified atom stereocenters. The van der Waals surface area contributed by atoms with E-state index in [2.05, 4.69) is 10.2 Å². The van der Waals surface area contributed by atoms with Gasteiger partial charge in [-0.05, 0) is 19.4 Å². The molecule has 210 valence electrons. The molecule has 37 heavy (non-hydrogen) atoms. The van der Waals surface area contributed by atoms with E-state index in [0.717, 1.165) is 17.3 Å². The topological polar surface area (TPSA) is 226 Å². The lowest BCUT2D eigenvalue weighted by atomic mass is 10.1. The van der Waals surface area contributed by atoms with Crippen LogP contribution in [0.4, 0.5) is 0 Å². The van der Waals surface area contributed by atoms with Crippen LogP contribution in [0.15, 0.2) is 14.5 Å². The number of primary sulfonamides is 1. The first-order valence-corrected chi connectivity index (χ1v) is 14.6. The maximum atomic E-state index is 13.5. The molecule has 0 aliphatic carbocycles. The third kappa shape index (κ3) is 7.88. The zero-order valence-electron chi connectivity index (χ0n) is 20.2. The van der Waals surface area contributed by atoms with Gasteiger partial charge in [-0.3, -0.25) is 29.6 Å². The second-order valence-corrected chi connectivity index (χ2v) is 13.0. The standard InChI is InChI=1S/C18H29N5O11S3/c1-4-22(14-9-21(3)37(31,32)18-12(14)8-16(35-18)36(19,29)30)17(26)13(20-11(2)24)10-33-15(25)6-5-7-34-23(27)28/h8,13-14,27-28H,4-7,9-10H2,1-3H3,(H,20,24)(H2,19,29,30)/t13?,14-/m0/s1. The molecule has 0 aromatic carbocycles. The van der Waals surface area contributed by atoms with Gasteiger partial charge < -0.3 is 15.0 Å². The highest BCUT2D eigenvalue weighted by Crippen LogP contribution is 2.41. The summed E-state index contributed by atoms with van der Waals surface area (Å²) in [5.74, 6) is -2.04. The molecule has 1 aromatic rings. The van der Waals surface area contributed by atoms with Crippen LogP contribution in [0, 0.1) is 0 Å². The quantitative estimate of drug-likeness (QED) is 0.128. The third-order valence-electron chi connectivity index (χ3n) is 5.23. The normalized spacial score (nSPS) is 18.2. The summed E-state index contributed by atoms with van der Waals surface area (Å²) in [6.07, 6.45) is -0.126. The molecule has 2 heterocycles. The maximum Gasteiger partial charge on any atom is 0.305 e. The van der Waals surface area contributed by atoms with Gasteiger partial charge in [0.1, 0.15) is 21.1 Å². The SMILES string of the molecule is CCN(C(=O)C(COC(=O)CCCON(O)O)NC(C)=O)[C@H]1CN(C)S(=O)(=O)c2sc(S(N)(=O)=O)cc21. The molecule has 0 radical (unpaired) electrons. The van der Waals surface area contributed by atoms with Crippen LogP contribution in [0.25, 0.3) is 0 Å². The molecule has 1 aliphatic rings. The van der Waals surface area contributed by atoms with Crippen LogP contribution in [0.1, 0.15) is 38.3 Å². The Morgan fingerprint density at radius 1 is 1.35 bits per heavy atom. The van der Waals surface area contributed by atoms with Gasteiger partial charge in [-0.15, -0.1) is 11.3 Å². The molecule has 0 bridgehead atoms. The van der Waals surface area contributed by atoms with Gasteiger partial charge in [-0.1, -0.05) is 0 Å². The van der Waals surface area contributed by atoms with Gasteiger partial charge in [0, 0.05) is 39.0 Å². The van der Waals surface area contributed by atoms with Crippen molar-refractivity contribution in [1.29, 1.82) is 0 Å². The molecule has 19 heteroatoms. The number of esters is 1. The molecule has 0 fully saturated rings.